The van der Waals surface area contributed by atoms with E-state index in [-0.39, 0.29) is 11.9 Å². The van der Waals surface area contributed by atoms with Crippen LogP contribution in [0.5, 0.6) is 5.75 Å². The summed E-state index contributed by atoms with van der Waals surface area (Å²) in [5.41, 5.74) is 3.79. The van der Waals surface area contributed by atoms with E-state index in [2.05, 4.69) is 36.2 Å². The van der Waals surface area contributed by atoms with Gasteiger partial charge in [-0.25, -0.2) is 0 Å². The molecule has 0 fully saturated rings. The van der Waals surface area contributed by atoms with E-state index in [1.807, 2.05) is 36.2 Å². The van der Waals surface area contributed by atoms with Gasteiger partial charge in [0.25, 0.3) is 0 Å². The van der Waals surface area contributed by atoms with Crippen LogP contribution in [0.1, 0.15) is 35.6 Å². The predicted molar refractivity (Wildman–Crippen MR) is 109 cm³/mol. The van der Waals surface area contributed by atoms with Crippen LogP contribution in [-0.4, -0.2) is 31.0 Å². The fourth-order valence-corrected chi connectivity index (χ4v) is 3.60. The van der Waals surface area contributed by atoms with Gasteiger partial charge in [0.2, 0.25) is 5.91 Å². The van der Waals surface area contributed by atoms with E-state index in [1.54, 1.807) is 6.08 Å². The van der Waals surface area contributed by atoms with E-state index in [1.165, 1.54) is 11.1 Å². The Morgan fingerprint density at radius 1 is 1.26 bits per heavy atom. The summed E-state index contributed by atoms with van der Waals surface area (Å²) in [6.07, 6.45) is 4.97. The van der Waals surface area contributed by atoms with Crippen LogP contribution in [0.3, 0.4) is 0 Å². The lowest BCUT2D eigenvalue weighted by molar-refractivity contribution is -0.122. The highest BCUT2D eigenvalue weighted by molar-refractivity contribution is 5.78. The number of hydrogen-bond donors (Lipinski definition) is 1. The van der Waals surface area contributed by atoms with Gasteiger partial charge in [-0.15, -0.1) is 0 Å². The molecule has 0 bridgehead atoms. The zero-order valence-corrected chi connectivity index (χ0v) is 16.0. The number of carbonyl (C=O) groups is 1. The van der Waals surface area contributed by atoms with Crippen molar-refractivity contribution in [2.75, 3.05) is 20.2 Å². The Hall–Kier alpha value is -2.59. The van der Waals surface area contributed by atoms with Gasteiger partial charge in [-0.2, -0.15) is 0 Å². The molecule has 1 N–H and O–H groups in total. The quantitative estimate of drug-likeness (QED) is 0.723. The summed E-state index contributed by atoms with van der Waals surface area (Å²) < 4.78 is 5.50. The zero-order valence-electron chi connectivity index (χ0n) is 16.0. The van der Waals surface area contributed by atoms with Gasteiger partial charge >= 0.3 is 0 Å². The highest BCUT2D eigenvalue weighted by Gasteiger charge is 2.21. The first-order chi connectivity index (χ1) is 13.2. The van der Waals surface area contributed by atoms with Crippen molar-refractivity contribution in [2.45, 2.75) is 31.8 Å². The molecule has 0 heterocycles. The van der Waals surface area contributed by atoms with Gasteiger partial charge in [0.1, 0.15) is 12.4 Å². The van der Waals surface area contributed by atoms with Gasteiger partial charge < -0.3 is 10.1 Å². The number of rotatable bonds is 8. The van der Waals surface area contributed by atoms with Crippen LogP contribution in [-0.2, 0) is 17.8 Å². The van der Waals surface area contributed by atoms with Crippen molar-refractivity contribution in [1.82, 2.24) is 10.2 Å². The first-order valence-corrected chi connectivity index (χ1v) is 9.54. The number of carbonyl (C=O) groups excluding carboxylic acids is 1. The third kappa shape index (κ3) is 5.44. The first-order valence-electron chi connectivity index (χ1n) is 9.54. The van der Waals surface area contributed by atoms with Crippen LogP contribution in [0, 0.1) is 0 Å². The lowest BCUT2D eigenvalue weighted by atomic mass is 9.88. The molecular weight excluding hydrogens is 336 g/mol. The molecule has 0 saturated carbocycles. The van der Waals surface area contributed by atoms with Crippen molar-refractivity contribution in [1.29, 1.82) is 0 Å². The molecule has 1 atom stereocenters. The van der Waals surface area contributed by atoms with Crippen LogP contribution in [0.15, 0.2) is 61.2 Å². The molecule has 1 aliphatic rings. The van der Waals surface area contributed by atoms with Crippen molar-refractivity contribution in [3.8, 4) is 5.75 Å². The maximum absolute atomic E-state index is 12.5. The molecule has 0 radical (unpaired) electrons. The van der Waals surface area contributed by atoms with E-state index in [9.17, 15) is 4.79 Å². The summed E-state index contributed by atoms with van der Waals surface area (Å²) >= 11 is 0. The second-order valence-electron chi connectivity index (χ2n) is 7.13. The Labute approximate surface area is 161 Å². The molecule has 0 unspecified atom stereocenters. The van der Waals surface area contributed by atoms with Crippen molar-refractivity contribution < 1.29 is 9.53 Å². The number of aryl methyl sites for hydroxylation is 1. The fourth-order valence-electron chi connectivity index (χ4n) is 3.60. The first kappa shape index (κ1) is 19.2. The molecule has 1 aliphatic carbocycles. The molecule has 4 nitrogen and oxygen atoms in total. The van der Waals surface area contributed by atoms with E-state index in [0.717, 1.165) is 37.1 Å². The number of likely N-dealkylation sites (N-methyl/N-ethyl adjacent to an activating group) is 1. The summed E-state index contributed by atoms with van der Waals surface area (Å²) in [6.45, 7) is 5.25. The molecule has 2 aromatic rings. The van der Waals surface area contributed by atoms with E-state index in [4.69, 9.17) is 4.74 Å². The number of nitrogens with zero attached hydrogens (tertiary/aromatic N) is 1. The predicted octanol–water partition coefficient (Wildman–Crippen LogP) is 3.88. The second-order valence-corrected chi connectivity index (χ2v) is 7.13. The van der Waals surface area contributed by atoms with Crippen molar-refractivity contribution in [3.63, 3.8) is 0 Å². The number of benzene rings is 2. The standard InChI is InChI=1S/C23H28N2O2/c1-3-15-27-20-13-11-18(12-14-20)16-25(2)17-23(26)24-22-10-6-8-19-7-4-5-9-21(19)22/h3-5,7,9,11-14,22H,1,6,8,10,15-17H2,2H3,(H,24,26)/t22-/m0/s1. The topological polar surface area (TPSA) is 41.6 Å². The molecule has 0 aromatic heterocycles. The summed E-state index contributed by atoms with van der Waals surface area (Å²) in [6, 6.07) is 16.5. The molecule has 4 heteroatoms. The summed E-state index contributed by atoms with van der Waals surface area (Å²) in [7, 11) is 1.97. The molecule has 0 saturated heterocycles. The van der Waals surface area contributed by atoms with Gasteiger partial charge in [0.05, 0.1) is 12.6 Å². The monoisotopic (exact) mass is 364 g/mol. The Morgan fingerprint density at radius 3 is 2.81 bits per heavy atom. The van der Waals surface area contributed by atoms with Crippen LogP contribution in [0.4, 0.5) is 0 Å². The Balaban J connectivity index is 1.50. The zero-order chi connectivity index (χ0) is 19.1. The van der Waals surface area contributed by atoms with E-state index < -0.39 is 0 Å². The van der Waals surface area contributed by atoms with Crippen LogP contribution in [0.2, 0.25) is 0 Å². The minimum Gasteiger partial charge on any atom is -0.490 e. The minimum atomic E-state index is 0.0742. The highest BCUT2D eigenvalue weighted by atomic mass is 16.5. The van der Waals surface area contributed by atoms with Crippen molar-refractivity contribution in [2.24, 2.45) is 0 Å². The average molecular weight is 364 g/mol. The van der Waals surface area contributed by atoms with Gasteiger partial charge in [0, 0.05) is 6.54 Å². The molecule has 3 rings (SSSR count). The van der Waals surface area contributed by atoms with Crippen molar-refractivity contribution in [3.05, 3.63) is 77.9 Å². The van der Waals surface area contributed by atoms with Gasteiger partial charge in [0.15, 0.2) is 0 Å². The van der Waals surface area contributed by atoms with Crippen LogP contribution >= 0.6 is 0 Å². The molecule has 2 aromatic carbocycles. The molecule has 1 amide bonds. The lowest BCUT2D eigenvalue weighted by Crippen LogP contribution is -2.38. The molecule has 142 valence electrons. The van der Waals surface area contributed by atoms with Gasteiger partial charge in [-0.3, -0.25) is 9.69 Å². The number of fused-ring (bicyclic) bond motifs is 1. The molecule has 27 heavy (non-hydrogen) atoms. The third-order valence-electron chi connectivity index (χ3n) is 4.86. The highest BCUT2D eigenvalue weighted by Crippen LogP contribution is 2.29. The number of ether oxygens (including phenoxy) is 1. The Morgan fingerprint density at radius 2 is 2.04 bits per heavy atom. The van der Waals surface area contributed by atoms with Crippen LogP contribution in [0.25, 0.3) is 0 Å². The molecular formula is C23H28N2O2. The third-order valence-corrected chi connectivity index (χ3v) is 4.86. The van der Waals surface area contributed by atoms with Crippen molar-refractivity contribution >= 4 is 5.91 Å². The van der Waals surface area contributed by atoms with E-state index in [0.29, 0.717) is 13.2 Å². The average Bonchev–Trinajstić information content (AvgIpc) is 2.67. The Bertz CT molecular complexity index is 770. The summed E-state index contributed by atoms with van der Waals surface area (Å²) in [4.78, 5) is 14.5. The smallest absolute Gasteiger partial charge is 0.234 e. The fraction of sp³-hybridized carbons (Fsp3) is 0.348. The maximum Gasteiger partial charge on any atom is 0.234 e. The molecule has 0 spiro atoms. The Kier molecular flexibility index (Phi) is 6.66. The van der Waals surface area contributed by atoms with E-state index >= 15 is 0 Å². The lowest BCUT2D eigenvalue weighted by Gasteiger charge is -2.27. The summed E-state index contributed by atoms with van der Waals surface area (Å²) in [5.74, 6) is 0.903. The summed E-state index contributed by atoms with van der Waals surface area (Å²) in [5, 5.41) is 3.21. The SMILES string of the molecule is C=CCOc1ccc(CN(C)CC(=O)N[C@H]2CCCc3ccccc32)cc1. The van der Waals surface area contributed by atoms with Gasteiger partial charge in [-0.1, -0.05) is 49.1 Å². The van der Waals surface area contributed by atoms with Crippen LogP contribution < -0.4 is 10.1 Å². The number of nitrogens with one attached hydrogen (secondary N) is 1. The van der Waals surface area contributed by atoms with Gasteiger partial charge in [-0.05, 0) is 55.1 Å². The number of hydrogen-bond acceptors (Lipinski definition) is 3. The minimum absolute atomic E-state index is 0.0742. The molecule has 0 aliphatic heterocycles. The maximum atomic E-state index is 12.5. The normalized spacial score (nSPS) is 15.9. The largest absolute Gasteiger partial charge is 0.490 e. The second kappa shape index (κ2) is 9.38. The number of amides is 1.